The summed E-state index contributed by atoms with van der Waals surface area (Å²) in [5, 5.41) is 13.0. The molecule has 2 amide bonds. The molecule has 0 fully saturated rings. The lowest BCUT2D eigenvalue weighted by Crippen LogP contribution is -2.19. The standard InChI is InChI=1S/C19H23N5O3S/c1-11-10-24-18(27-11)16(9-21-24)28(20,26)23-19(25)22-17-14-6-2-4-12(14)8-13-5-3-7-15(13)17/h8-9,11H,2-7,10H2,1H3,(H3,20,22,23,25,26)/t11-,28-/m1/s1. The highest BCUT2D eigenvalue weighted by Gasteiger charge is 2.29. The van der Waals surface area contributed by atoms with E-state index in [0.717, 1.165) is 44.2 Å². The average Bonchev–Trinajstić information content (AvgIpc) is 3.35. The number of urea groups is 1. The molecule has 1 aromatic heterocycles. The van der Waals surface area contributed by atoms with Crippen LogP contribution in [0.2, 0.25) is 0 Å². The van der Waals surface area contributed by atoms with Crippen molar-refractivity contribution in [2.24, 2.45) is 9.50 Å². The molecule has 0 spiro atoms. The van der Waals surface area contributed by atoms with Gasteiger partial charge in [0.05, 0.1) is 12.7 Å². The van der Waals surface area contributed by atoms with E-state index < -0.39 is 15.9 Å². The third kappa shape index (κ3) is 2.80. The molecule has 28 heavy (non-hydrogen) atoms. The number of anilines is 1. The van der Waals surface area contributed by atoms with E-state index in [0.29, 0.717) is 12.4 Å². The van der Waals surface area contributed by atoms with Crippen molar-refractivity contribution in [1.82, 2.24) is 9.78 Å². The summed E-state index contributed by atoms with van der Waals surface area (Å²) in [5.74, 6) is 0.332. The molecule has 8 nitrogen and oxygen atoms in total. The number of nitrogens with zero attached hydrogens (tertiary/aromatic N) is 3. The Morgan fingerprint density at radius 3 is 2.64 bits per heavy atom. The van der Waals surface area contributed by atoms with Crippen LogP contribution in [0.25, 0.3) is 0 Å². The van der Waals surface area contributed by atoms with Crippen molar-refractivity contribution in [2.75, 3.05) is 5.32 Å². The van der Waals surface area contributed by atoms with Crippen molar-refractivity contribution in [3.8, 4) is 5.88 Å². The molecule has 0 radical (unpaired) electrons. The summed E-state index contributed by atoms with van der Waals surface area (Å²) in [7, 11) is -3.46. The van der Waals surface area contributed by atoms with Gasteiger partial charge in [-0.25, -0.2) is 18.8 Å². The second-order valence-corrected chi connectivity index (χ2v) is 9.51. The minimum atomic E-state index is -3.46. The van der Waals surface area contributed by atoms with E-state index in [2.05, 4.69) is 20.8 Å². The van der Waals surface area contributed by atoms with Gasteiger partial charge in [-0.1, -0.05) is 6.07 Å². The summed E-state index contributed by atoms with van der Waals surface area (Å²) in [6, 6.07) is 1.60. The monoisotopic (exact) mass is 401 g/mol. The van der Waals surface area contributed by atoms with E-state index in [1.165, 1.54) is 28.5 Å². The van der Waals surface area contributed by atoms with E-state index >= 15 is 0 Å². The summed E-state index contributed by atoms with van der Waals surface area (Å²) >= 11 is 0. The van der Waals surface area contributed by atoms with Gasteiger partial charge in [-0.3, -0.25) is 0 Å². The van der Waals surface area contributed by atoms with E-state index in [1.807, 2.05) is 6.92 Å². The number of nitrogens with one attached hydrogen (secondary N) is 1. The number of aromatic nitrogens is 2. The first-order chi connectivity index (χ1) is 13.4. The third-order valence-corrected chi connectivity index (χ3v) is 7.09. The van der Waals surface area contributed by atoms with Gasteiger partial charge in [0.15, 0.2) is 9.92 Å². The fraction of sp³-hybridized carbons (Fsp3) is 0.474. The largest absolute Gasteiger partial charge is 0.472 e. The highest BCUT2D eigenvalue weighted by molar-refractivity contribution is 7.91. The Balaban J connectivity index is 1.48. The van der Waals surface area contributed by atoms with Crippen LogP contribution in [0, 0.1) is 0 Å². The fourth-order valence-electron chi connectivity index (χ4n) is 4.55. The Morgan fingerprint density at radius 2 is 1.96 bits per heavy atom. The third-order valence-electron chi connectivity index (χ3n) is 5.74. The second-order valence-electron chi connectivity index (χ2n) is 7.75. The Kier molecular flexibility index (Phi) is 3.99. The number of hydrogen-bond donors (Lipinski definition) is 2. The van der Waals surface area contributed by atoms with Gasteiger partial charge in [-0.15, -0.1) is 4.36 Å². The minimum absolute atomic E-state index is 0.0824. The van der Waals surface area contributed by atoms with Crippen LogP contribution in [0.15, 0.2) is 21.5 Å². The lowest BCUT2D eigenvalue weighted by atomic mass is 9.99. The molecule has 2 aliphatic carbocycles. The first-order valence-corrected chi connectivity index (χ1v) is 11.2. The van der Waals surface area contributed by atoms with Crippen molar-refractivity contribution in [3.05, 3.63) is 34.5 Å². The number of ether oxygens (including phenoxy) is 1. The van der Waals surface area contributed by atoms with Gasteiger partial charge in [-0.2, -0.15) is 5.10 Å². The molecule has 0 saturated carbocycles. The van der Waals surface area contributed by atoms with Crippen LogP contribution < -0.4 is 15.2 Å². The molecule has 0 unspecified atom stereocenters. The van der Waals surface area contributed by atoms with E-state index in [4.69, 9.17) is 9.88 Å². The van der Waals surface area contributed by atoms with Gasteiger partial charge in [0.2, 0.25) is 5.88 Å². The Bertz CT molecular complexity index is 1080. The molecule has 0 bridgehead atoms. The quantitative estimate of drug-likeness (QED) is 0.805. The lowest BCUT2D eigenvalue weighted by Gasteiger charge is -2.15. The van der Waals surface area contributed by atoms with Crippen molar-refractivity contribution >= 4 is 21.6 Å². The zero-order valence-electron chi connectivity index (χ0n) is 15.7. The normalized spacial score (nSPS) is 21.4. The van der Waals surface area contributed by atoms with Gasteiger partial charge in [-0.05, 0) is 67.7 Å². The van der Waals surface area contributed by atoms with Crippen LogP contribution in [0.4, 0.5) is 10.5 Å². The average molecular weight is 401 g/mol. The van der Waals surface area contributed by atoms with Crippen molar-refractivity contribution in [1.29, 1.82) is 0 Å². The maximum atomic E-state index is 13.0. The number of fused-ring (bicyclic) bond motifs is 3. The summed E-state index contributed by atoms with van der Waals surface area (Å²) < 4.78 is 24.1. The summed E-state index contributed by atoms with van der Waals surface area (Å²) in [4.78, 5) is 12.8. The molecule has 3 aliphatic rings. The highest BCUT2D eigenvalue weighted by atomic mass is 32.2. The van der Waals surface area contributed by atoms with Crippen molar-refractivity contribution in [2.45, 2.75) is 63.0 Å². The van der Waals surface area contributed by atoms with Gasteiger partial charge >= 0.3 is 6.03 Å². The smallest absolute Gasteiger partial charge is 0.354 e. The zero-order valence-corrected chi connectivity index (χ0v) is 16.6. The van der Waals surface area contributed by atoms with Crippen LogP contribution in [0.1, 0.15) is 42.0 Å². The number of carbonyl (C=O) groups is 1. The molecule has 3 N–H and O–H groups in total. The molecule has 148 valence electrons. The predicted octanol–water partition coefficient (Wildman–Crippen LogP) is 2.57. The SMILES string of the molecule is C[C@@H]1Cn2ncc([S@](N)(=O)=NC(=O)Nc3c4c(cc5c3CCC5)CCC4)c2O1. The van der Waals surface area contributed by atoms with Gasteiger partial charge < -0.3 is 10.1 Å². The number of nitrogens with two attached hydrogens (primary N) is 1. The maximum absolute atomic E-state index is 13.0. The lowest BCUT2D eigenvalue weighted by molar-refractivity contribution is 0.248. The van der Waals surface area contributed by atoms with Crippen molar-refractivity contribution < 1.29 is 13.7 Å². The molecular formula is C19H23N5O3S. The number of carbonyl (C=O) groups excluding carboxylic acids is 1. The zero-order chi connectivity index (χ0) is 19.5. The minimum Gasteiger partial charge on any atom is -0.472 e. The molecule has 2 atom stereocenters. The Morgan fingerprint density at radius 1 is 1.29 bits per heavy atom. The number of amides is 2. The predicted molar refractivity (Wildman–Crippen MR) is 105 cm³/mol. The van der Waals surface area contributed by atoms with Crippen molar-refractivity contribution in [3.63, 3.8) is 0 Å². The topological polar surface area (TPSA) is 112 Å². The van der Waals surface area contributed by atoms with Crippen LogP contribution in [0.5, 0.6) is 5.88 Å². The van der Waals surface area contributed by atoms with E-state index in [9.17, 15) is 9.00 Å². The molecule has 2 heterocycles. The molecule has 0 saturated heterocycles. The summed E-state index contributed by atoms with van der Waals surface area (Å²) in [6.07, 6.45) is 7.42. The van der Waals surface area contributed by atoms with Crippen LogP contribution >= 0.6 is 0 Å². The molecule has 1 aliphatic heterocycles. The van der Waals surface area contributed by atoms with Crippen LogP contribution in [-0.2, 0) is 42.1 Å². The molecule has 5 rings (SSSR count). The maximum Gasteiger partial charge on any atom is 0.354 e. The Hall–Kier alpha value is -2.39. The van der Waals surface area contributed by atoms with Gasteiger partial charge in [0, 0.05) is 5.69 Å². The number of rotatable bonds is 2. The first-order valence-electron chi connectivity index (χ1n) is 9.67. The van der Waals surface area contributed by atoms with Crippen LogP contribution in [-0.4, -0.2) is 26.1 Å². The van der Waals surface area contributed by atoms with Gasteiger partial charge in [0.1, 0.15) is 11.0 Å². The first kappa shape index (κ1) is 17.7. The summed E-state index contributed by atoms with van der Waals surface area (Å²) in [6.45, 7) is 2.44. The molecular weight excluding hydrogens is 378 g/mol. The number of aryl methyl sites for hydroxylation is 2. The highest BCUT2D eigenvalue weighted by Crippen LogP contribution is 2.38. The number of benzene rings is 1. The van der Waals surface area contributed by atoms with Crippen LogP contribution in [0.3, 0.4) is 0 Å². The fourth-order valence-corrected chi connectivity index (χ4v) is 5.54. The number of hydrogen-bond acceptors (Lipinski definition) is 4. The molecule has 1 aromatic carbocycles. The van der Waals surface area contributed by atoms with E-state index in [1.54, 1.807) is 4.68 Å². The Labute approximate surface area is 163 Å². The van der Waals surface area contributed by atoms with E-state index in [-0.39, 0.29) is 11.0 Å². The molecule has 9 heteroatoms. The summed E-state index contributed by atoms with van der Waals surface area (Å²) in [5.41, 5.74) is 5.85. The van der Waals surface area contributed by atoms with Gasteiger partial charge in [0.25, 0.3) is 0 Å². The molecule has 2 aromatic rings. The second kappa shape index (κ2) is 6.31.